The summed E-state index contributed by atoms with van der Waals surface area (Å²) in [5.41, 5.74) is 3.14. The lowest BCUT2D eigenvalue weighted by atomic mass is 10.2. The molecule has 0 fully saturated rings. The predicted molar refractivity (Wildman–Crippen MR) is 85.2 cm³/mol. The summed E-state index contributed by atoms with van der Waals surface area (Å²) >= 11 is 0. The first-order valence-corrected chi connectivity index (χ1v) is 7.29. The normalized spacial score (nSPS) is 10.9. The Kier molecular flexibility index (Phi) is 5.63. The van der Waals surface area contributed by atoms with E-state index >= 15 is 0 Å². The Bertz CT molecular complexity index is 556. The van der Waals surface area contributed by atoms with E-state index in [1.54, 1.807) is 0 Å². The van der Waals surface area contributed by atoms with Gasteiger partial charge in [-0.2, -0.15) is 5.10 Å². The van der Waals surface area contributed by atoms with Gasteiger partial charge in [-0.25, -0.2) is 4.98 Å². The fraction of sp³-hybridized carbons (Fsp3) is 0.438. The fourth-order valence-corrected chi connectivity index (χ4v) is 2.06. The zero-order chi connectivity index (χ0) is 15.1. The van der Waals surface area contributed by atoms with Gasteiger partial charge < -0.3 is 10.2 Å². The van der Waals surface area contributed by atoms with Crippen molar-refractivity contribution in [3.8, 4) is 0 Å². The summed E-state index contributed by atoms with van der Waals surface area (Å²) in [4.78, 5) is 6.67. The number of anilines is 1. The van der Waals surface area contributed by atoms with Crippen molar-refractivity contribution >= 4 is 5.95 Å². The molecule has 0 radical (unpaired) electrons. The number of benzene rings is 1. The third-order valence-corrected chi connectivity index (χ3v) is 3.39. The van der Waals surface area contributed by atoms with Crippen molar-refractivity contribution in [2.45, 2.75) is 26.8 Å². The summed E-state index contributed by atoms with van der Waals surface area (Å²) in [6.07, 6.45) is 1.04. The topological polar surface area (TPSA) is 53.9 Å². The molecular formula is C16H23N5. The zero-order valence-corrected chi connectivity index (χ0v) is 13.0. The smallest absolute Gasteiger partial charge is 0.242 e. The number of nitrogens with zero attached hydrogens (tertiary/aromatic N) is 4. The Hall–Kier alpha value is -2.01. The molecule has 2 aromatic rings. The number of aromatic nitrogens is 3. The first-order chi connectivity index (χ1) is 10.1. The van der Waals surface area contributed by atoms with E-state index in [0.717, 1.165) is 37.4 Å². The molecule has 0 saturated carbocycles. The van der Waals surface area contributed by atoms with Crippen molar-refractivity contribution in [1.29, 1.82) is 0 Å². The van der Waals surface area contributed by atoms with E-state index in [9.17, 15) is 0 Å². The Balaban J connectivity index is 1.68. The average molecular weight is 285 g/mol. The monoisotopic (exact) mass is 285 g/mol. The maximum atomic E-state index is 4.36. The molecule has 0 spiro atoms. The van der Waals surface area contributed by atoms with Crippen LogP contribution in [0.5, 0.6) is 0 Å². The average Bonchev–Trinajstić information content (AvgIpc) is 2.48. The minimum Gasteiger partial charge on any atom is -0.353 e. The minimum absolute atomic E-state index is 0.615. The van der Waals surface area contributed by atoms with Crippen LogP contribution in [0, 0.1) is 13.8 Å². The second-order valence-electron chi connectivity index (χ2n) is 5.31. The van der Waals surface area contributed by atoms with Crippen molar-refractivity contribution in [2.24, 2.45) is 0 Å². The quantitative estimate of drug-likeness (QED) is 0.792. The summed E-state index contributed by atoms with van der Waals surface area (Å²) in [5, 5.41) is 11.3. The van der Waals surface area contributed by atoms with Crippen LogP contribution >= 0.6 is 0 Å². The number of aryl methyl sites for hydroxylation is 2. The van der Waals surface area contributed by atoms with E-state index in [2.05, 4.69) is 56.7 Å². The summed E-state index contributed by atoms with van der Waals surface area (Å²) in [6, 6.07) is 10.5. The van der Waals surface area contributed by atoms with Gasteiger partial charge in [-0.3, -0.25) is 0 Å². The molecule has 112 valence electrons. The van der Waals surface area contributed by atoms with Crippen molar-refractivity contribution in [3.63, 3.8) is 0 Å². The van der Waals surface area contributed by atoms with Gasteiger partial charge in [-0.15, -0.1) is 5.10 Å². The van der Waals surface area contributed by atoms with Gasteiger partial charge >= 0.3 is 0 Å². The molecule has 5 heteroatoms. The van der Waals surface area contributed by atoms with Gasteiger partial charge in [0.05, 0.1) is 11.4 Å². The molecule has 0 aliphatic rings. The van der Waals surface area contributed by atoms with E-state index in [1.165, 1.54) is 5.56 Å². The lowest BCUT2D eigenvalue weighted by Crippen LogP contribution is -2.21. The van der Waals surface area contributed by atoms with Crippen LogP contribution < -0.4 is 5.32 Å². The molecule has 0 atom stereocenters. The molecule has 0 aliphatic heterocycles. The maximum Gasteiger partial charge on any atom is 0.242 e. The van der Waals surface area contributed by atoms with Crippen molar-refractivity contribution in [3.05, 3.63) is 47.3 Å². The van der Waals surface area contributed by atoms with Crippen LogP contribution in [0.1, 0.15) is 23.4 Å². The van der Waals surface area contributed by atoms with Crippen LogP contribution in [0.3, 0.4) is 0 Å². The summed E-state index contributed by atoms with van der Waals surface area (Å²) in [6.45, 7) is 6.71. The number of hydrogen-bond acceptors (Lipinski definition) is 5. The summed E-state index contributed by atoms with van der Waals surface area (Å²) < 4.78 is 0. The van der Waals surface area contributed by atoms with Crippen LogP contribution in [0.25, 0.3) is 0 Å². The molecule has 0 bridgehead atoms. The van der Waals surface area contributed by atoms with Crippen LogP contribution in [0.15, 0.2) is 30.3 Å². The highest BCUT2D eigenvalue weighted by molar-refractivity contribution is 5.24. The molecule has 0 unspecified atom stereocenters. The molecule has 21 heavy (non-hydrogen) atoms. The van der Waals surface area contributed by atoms with E-state index in [-0.39, 0.29) is 0 Å². The maximum absolute atomic E-state index is 4.36. The lowest BCUT2D eigenvalue weighted by Gasteiger charge is -2.16. The number of rotatable bonds is 7. The predicted octanol–water partition coefficient (Wildman–Crippen LogP) is 2.42. The van der Waals surface area contributed by atoms with Gasteiger partial charge in [-0.05, 0) is 39.4 Å². The first-order valence-electron chi connectivity index (χ1n) is 7.29. The molecule has 1 aromatic heterocycles. The minimum atomic E-state index is 0.615. The van der Waals surface area contributed by atoms with E-state index in [1.807, 2.05) is 19.9 Å². The largest absolute Gasteiger partial charge is 0.353 e. The van der Waals surface area contributed by atoms with Crippen molar-refractivity contribution in [2.75, 3.05) is 25.5 Å². The van der Waals surface area contributed by atoms with Crippen LogP contribution in [0.4, 0.5) is 5.95 Å². The molecular weight excluding hydrogens is 262 g/mol. The SMILES string of the molecule is Cc1nnc(NCCCN(C)Cc2ccccc2)nc1C. The van der Waals surface area contributed by atoms with E-state index in [0.29, 0.717) is 5.95 Å². The Morgan fingerprint density at radius 1 is 1.05 bits per heavy atom. The fourth-order valence-electron chi connectivity index (χ4n) is 2.06. The van der Waals surface area contributed by atoms with Gasteiger partial charge in [0.2, 0.25) is 5.95 Å². The Morgan fingerprint density at radius 2 is 1.81 bits per heavy atom. The van der Waals surface area contributed by atoms with Gasteiger partial charge in [0.25, 0.3) is 0 Å². The molecule has 0 aliphatic carbocycles. The van der Waals surface area contributed by atoms with Crippen LogP contribution in [0.2, 0.25) is 0 Å². The van der Waals surface area contributed by atoms with Gasteiger partial charge in [-0.1, -0.05) is 30.3 Å². The summed E-state index contributed by atoms with van der Waals surface area (Å²) in [5.74, 6) is 0.615. The third-order valence-electron chi connectivity index (χ3n) is 3.39. The van der Waals surface area contributed by atoms with Crippen molar-refractivity contribution in [1.82, 2.24) is 20.1 Å². The number of nitrogens with one attached hydrogen (secondary N) is 1. The molecule has 0 amide bonds. The van der Waals surface area contributed by atoms with Crippen molar-refractivity contribution < 1.29 is 0 Å². The molecule has 1 N–H and O–H groups in total. The molecule has 0 saturated heterocycles. The highest BCUT2D eigenvalue weighted by Gasteiger charge is 2.02. The molecule has 5 nitrogen and oxygen atoms in total. The third kappa shape index (κ3) is 5.11. The second-order valence-corrected chi connectivity index (χ2v) is 5.31. The standard InChI is InChI=1S/C16H23N5/c1-13-14(2)19-20-16(18-13)17-10-7-11-21(3)12-15-8-5-4-6-9-15/h4-6,8-9H,7,10-12H2,1-3H3,(H,17,18,20). The highest BCUT2D eigenvalue weighted by Crippen LogP contribution is 2.04. The van der Waals surface area contributed by atoms with Crippen LogP contribution in [-0.4, -0.2) is 40.2 Å². The first kappa shape index (κ1) is 15.4. The highest BCUT2D eigenvalue weighted by atomic mass is 15.2. The van der Waals surface area contributed by atoms with E-state index in [4.69, 9.17) is 0 Å². The van der Waals surface area contributed by atoms with E-state index < -0.39 is 0 Å². The van der Waals surface area contributed by atoms with Gasteiger partial charge in [0.1, 0.15) is 0 Å². The van der Waals surface area contributed by atoms with Gasteiger partial charge in [0.15, 0.2) is 0 Å². The van der Waals surface area contributed by atoms with Gasteiger partial charge in [0, 0.05) is 13.1 Å². The Morgan fingerprint density at radius 3 is 2.52 bits per heavy atom. The Labute approximate surface area is 126 Å². The lowest BCUT2D eigenvalue weighted by molar-refractivity contribution is 0.325. The zero-order valence-electron chi connectivity index (χ0n) is 13.0. The molecule has 1 aromatic carbocycles. The molecule has 2 rings (SSSR count). The van der Waals surface area contributed by atoms with Crippen LogP contribution in [-0.2, 0) is 6.54 Å². The second kappa shape index (κ2) is 7.69. The molecule has 1 heterocycles. The number of hydrogen-bond donors (Lipinski definition) is 1. The summed E-state index contributed by atoms with van der Waals surface area (Å²) in [7, 11) is 2.14.